The van der Waals surface area contributed by atoms with E-state index in [2.05, 4.69) is 15.0 Å². The number of ether oxygens (including phenoxy) is 1. The summed E-state index contributed by atoms with van der Waals surface area (Å²) in [5.74, 6) is 0. The van der Waals surface area contributed by atoms with E-state index in [1.807, 2.05) is 13.8 Å². The smallest absolute Gasteiger partial charge is 0.388 e. The number of halogens is 1. The molecule has 2 aromatic heterocycles. The molecular weight excluding hydrogens is 439 g/mol. The van der Waals surface area contributed by atoms with Crippen LogP contribution in [0.3, 0.4) is 0 Å². The lowest BCUT2D eigenvalue weighted by atomic mass is 9.88. The molecule has 0 aliphatic carbocycles. The van der Waals surface area contributed by atoms with Crippen molar-refractivity contribution in [2.24, 2.45) is 0 Å². The molecule has 2 aliphatic heterocycles. The van der Waals surface area contributed by atoms with E-state index >= 15 is 0 Å². The third-order valence-electron chi connectivity index (χ3n) is 5.87. The number of aliphatic hydroxyl groups excluding tert-OH is 2. The SMILES string of the molecule is CCC(CC)(CC1O[C@@H](n2cnc3c(Cl)ncnc32)[C@H](O)[C@@H]1O)OP1(=O)OC1(C)O. The molecule has 0 spiro atoms. The fraction of sp³-hybridized carbons (Fsp3) is 0.706. The van der Waals surface area contributed by atoms with E-state index in [9.17, 15) is 19.9 Å². The number of nitrogens with zero attached hydrogens (tertiary/aromatic N) is 4. The van der Waals surface area contributed by atoms with Crippen LogP contribution in [0.2, 0.25) is 5.15 Å². The molecule has 0 saturated carbocycles. The van der Waals surface area contributed by atoms with E-state index in [1.165, 1.54) is 24.1 Å². The van der Waals surface area contributed by atoms with Gasteiger partial charge in [0.15, 0.2) is 17.0 Å². The van der Waals surface area contributed by atoms with Crippen molar-refractivity contribution in [3.05, 3.63) is 17.8 Å². The van der Waals surface area contributed by atoms with Crippen molar-refractivity contribution in [1.29, 1.82) is 0 Å². The maximum absolute atomic E-state index is 12.6. The van der Waals surface area contributed by atoms with E-state index < -0.39 is 43.3 Å². The number of aromatic nitrogens is 4. The van der Waals surface area contributed by atoms with Crippen molar-refractivity contribution in [3.8, 4) is 0 Å². The number of fused-ring (bicyclic) bond motifs is 1. The maximum Gasteiger partial charge on any atom is 0.393 e. The summed E-state index contributed by atoms with van der Waals surface area (Å²) in [6, 6.07) is 0. The molecule has 0 aromatic carbocycles. The summed E-state index contributed by atoms with van der Waals surface area (Å²) >= 11 is 6.03. The van der Waals surface area contributed by atoms with Gasteiger partial charge < -0.3 is 20.1 Å². The molecule has 0 radical (unpaired) electrons. The molecule has 2 saturated heterocycles. The summed E-state index contributed by atoms with van der Waals surface area (Å²) < 4.78 is 30.7. The van der Waals surface area contributed by atoms with Crippen LogP contribution in [-0.2, 0) is 18.3 Å². The second-order valence-corrected chi connectivity index (χ2v) is 10.3. The standard InChI is InChI=1S/C17H24ClN4O7P/c1-4-17(5-2,29-30(26)16(3,25)28-30)6-9-11(23)12(24)15(27-9)22-8-21-10-13(18)19-7-20-14(10)22/h7-9,11-12,15,23-25H,4-6H2,1-3H3/t9?,11-,12-,15-,16?,30?/m1/s1. The Morgan fingerprint density at radius 1 is 1.30 bits per heavy atom. The van der Waals surface area contributed by atoms with E-state index in [0.29, 0.717) is 24.0 Å². The molecule has 2 fully saturated rings. The molecule has 6 atom stereocenters. The van der Waals surface area contributed by atoms with Crippen molar-refractivity contribution in [3.63, 3.8) is 0 Å². The molecule has 2 aromatic rings. The molecule has 30 heavy (non-hydrogen) atoms. The quantitative estimate of drug-likeness (QED) is 0.316. The number of aliphatic hydroxyl groups is 3. The topological polar surface area (TPSA) is 152 Å². The van der Waals surface area contributed by atoms with E-state index in [1.54, 1.807) is 0 Å². The largest absolute Gasteiger partial charge is 0.393 e. The minimum Gasteiger partial charge on any atom is -0.388 e. The fourth-order valence-electron chi connectivity index (χ4n) is 3.77. The minimum absolute atomic E-state index is 0.126. The molecule has 13 heteroatoms. The van der Waals surface area contributed by atoms with Gasteiger partial charge >= 0.3 is 7.60 Å². The summed E-state index contributed by atoms with van der Waals surface area (Å²) in [4.78, 5) is 12.2. The average molecular weight is 463 g/mol. The van der Waals surface area contributed by atoms with Crippen LogP contribution in [0.15, 0.2) is 12.7 Å². The number of hydrogen-bond donors (Lipinski definition) is 3. The highest BCUT2D eigenvalue weighted by atomic mass is 35.5. The van der Waals surface area contributed by atoms with Crippen LogP contribution in [0, 0.1) is 0 Å². The van der Waals surface area contributed by atoms with Gasteiger partial charge in [-0.1, -0.05) is 25.4 Å². The summed E-state index contributed by atoms with van der Waals surface area (Å²) in [6.07, 6.45) is -0.667. The summed E-state index contributed by atoms with van der Waals surface area (Å²) in [6.45, 7) is 4.96. The van der Waals surface area contributed by atoms with Crippen LogP contribution in [0.5, 0.6) is 0 Å². The van der Waals surface area contributed by atoms with Gasteiger partial charge in [-0.15, -0.1) is 0 Å². The minimum atomic E-state index is -3.66. The summed E-state index contributed by atoms with van der Waals surface area (Å²) in [5, 5.41) is 31.3. The Morgan fingerprint density at radius 3 is 2.57 bits per heavy atom. The van der Waals surface area contributed by atoms with Gasteiger partial charge in [0.25, 0.3) is 5.53 Å². The zero-order valence-corrected chi connectivity index (χ0v) is 18.3. The van der Waals surface area contributed by atoms with Crippen LogP contribution in [0.4, 0.5) is 0 Å². The van der Waals surface area contributed by atoms with Crippen LogP contribution >= 0.6 is 19.2 Å². The number of hydrogen-bond acceptors (Lipinski definition) is 10. The van der Waals surface area contributed by atoms with Crippen LogP contribution in [0.1, 0.15) is 46.3 Å². The Bertz CT molecular complexity index is 998. The van der Waals surface area contributed by atoms with Crippen LogP contribution in [-0.4, -0.2) is 64.3 Å². The maximum atomic E-state index is 12.6. The first-order chi connectivity index (χ1) is 14.1. The van der Waals surface area contributed by atoms with E-state index in [0.717, 1.165) is 0 Å². The second kappa shape index (κ2) is 7.46. The lowest BCUT2D eigenvalue weighted by Gasteiger charge is -2.33. The van der Waals surface area contributed by atoms with Crippen molar-refractivity contribution >= 4 is 30.4 Å². The van der Waals surface area contributed by atoms with Gasteiger partial charge in [0.05, 0.1) is 18.0 Å². The monoisotopic (exact) mass is 462 g/mol. The van der Waals surface area contributed by atoms with Crippen molar-refractivity contribution < 1.29 is 33.7 Å². The van der Waals surface area contributed by atoms with Gasteiger partial charge in [0.1, 0.15) is 24.1 Å². The molecule has 4 heterocycles. The first kappa shape index (κ1) is 22.0. The zero-order valence-electron chi connectivity index (χ0n) is 16.7. The van der Waals surface area contributed by atoms with Gasteiger partial charge in [0, 0.05) is 13.3 Å². The molecule has 0 amide bonds. The van der Waals surface area contributed by atoms with Gasteiger partial charge in [-0.25, -0.2) is 15.0 Å². The zero-order chi connectivity index (χ0) is 21.9. The van der Waals surface area contributed by atoms with E-state index in [4.69, 9.17) is 25.4 Å². The number of rotatable bonds is 7. The van der Waals surface area contributed by atoms with Crippen molar-refractivity contribution in [2.45, 2.75) is 75.7 Å². The third-order valence-corrected chi connectivity index (χ3v) is 8.31. The third kappa shape index (κ3) is 3.47. The summed E-state index contributed by atoms with van der Waals surface area (Å²) in [5.41, 5.74) is -2.10. The molecule has 2 aliphatic rings. The Balaban J connectivity index is 1.58. The predicted molar refractivity (Wildman–Crippen MR) is 105 cm³/mol. The molecule has 0 bridgehead atoms. The molecule has 166 valence electrons. The van der Waals surface area contributed by atoms with Gasteiger partial charge in [0.2, 0.25) is 0 Å². The molecule has 3 unspecified atom stereocenters. The molecule has 11 nitrogen and oxygen atoms in total. The Labute approximate surface area is 177 Å². The lowest BCUT2D eigenvalue weighted by molar-refractivity contribution is -0.0686. The van der Waals surface area contributed by atoms with Gasteiger partial charge in [-0.05, 0) is 12.8 Å². The Morgan fingerprint density at radius 2 is 1.97 bits per heavy atom. The second-order valence-electron chi connectivity index (χ2n) is 7.74. The van der Waals surface area contributed by atoms with Crippen molar-refractivity contribution in [2.75, 3.05) is 0 Å². The Hall–Kier alpha value is -1.17. The summed E-state index contributed by atoms with van der Waals surface area (Å²) in [7, 11) is -3.66. The highest BCUT2D eigenvalue weighted by Gasteiger charge is 2.69. The fourth-order valence-corrected chi connectivity index (χ4v) is 5.62. The van der Waals surface area contributed by atoms with E-state index in [-0.39, 0.29) is 11.6 Å². The van der Waals surface area contributed by atoms with Gasteiger partial charge in [-0.3, -0.25) is 18.2 Å². The Kier molecular flexibility index (Phi) is 5.48. The average Bonchev–Trinajstić information content (AvgIpc) is 3.01. The molecule has 4 rings (SSSR count). The van der Waals surface area contributed by atoms with Gasteiger partial charge in [-0.2, -0.15) is 0 Å². The van der Waals surface area contributed by atoms with Crippen molar-refractivity contribution in [1.82, 2.24) is 19.5 Å². The highest BCUT2D eigenvalue weighted by Crippen LogP contribution is 2.78. The molecular formula is C17H24ClN4O7P. The highest BCUT2D eigenvalue weighted by molar-refractivity contribution is 7.61. The van der Waals surface area contributed by atoms with Crippen LogP contribution < -0.4 is 0 Å². The first-order valence-corrected chi connectivity index (χ1v) is 11.6. The lowest BCUT2D eigenvalue weighted by Crippen LogP contribution is -2.39. The normalized spacial score (nSPS) is 36.5. The molecule has 3 N–H and O–H groups in total. The number of imidazole rings is 1. The first-order valence-electron chi connectivity index (χ1n) is 9.65. The predicted octanol–water partition coefficient (Wildman–Crippen LogP) is 1.95. The van der Waals surface area contributed by atoms with Crippen LogP contribution in [0.25, 0.3) is 11.2 Å².